The first-order valence-corrected chi connectivity index (χ1v) is 2.97. The standard InChI is InChI=1S/BH3O3.H3O4P.Y/c2-1(3)4;1-5(2,3)4;/h2-4H;(H3,1,2,3,4);/q;;+3/p-3. The van der Waals surface area contributed by atoms with Crippen LogP contribution in [0.5, 0.6) is 0 Å². The molecule has 0 fully saturated rings. The van der Waals surface area contributed by atoms with E-state index in [1.807, 2.05) is 0 Å². The smallest absolute Gasteiger partial charge is 0.822 e. The molecule has 0 rings (SSSR count). The van der Waals surface area contributed by atoms with Crippen LogP contribution in [0.3, 0.4) is 0 Å². The maximum absolute atomic E-state index is 8.55. The van der Waals surface area contributed by atoms with Crippen molar-refractivity contribution < 1.29 is 67.0 Å². The van der Waals surface area contributed by atoms with Gasteiger partial charge in [0.2, 0.25) is 0 Å². The van der Waals surface area contributed by atoms with Gasteiger partial charge >= 0.3 is 40.0 Å². The van der Waals surface area contributed by atoms with Crippen molar-refractivity contribution in [3.8, 4) is 0 Å². The summed E-state index contributed by atoms with van der Waals surface area (Å²) < 4.78 is 8.55. The summed E-state index contributed by atoms with van der Waals surface area (Å²) in [5.74, 6) is 0. The maximum atomic E-state index is 8.55. The van der Waals surface area contributed by atoms with E-state index in [2.05, 4.69) is 0 Å². The molecule has 7 nitrogen and oxygen atoms in total. The minimum atomic E-state index is -5.39. The van der Waals surface area contributed by atoms with Crippen molar-refractivity contribution in [1.29, 1.82) is 0 Å². The van der Waals surface area contributed by atoms with E-state index in [-0.39, 0.29) is 32.7 Å². The second-order valence-electron chi connectivity index (χ2n) is 0.794. The summed E-state index contributed by atoms with van der Waals surface area (Å²) in [6.45, 7) is 0. The molecular formula is H3BO7PY. The van der Waals surface area contributed by atoms with Crippen molar-refractivity contribution in [1.82, 2.24) is 0 Å². The third-order valence-corrected chi connectivity index (χ3v) is 0. The summed E-state index contributed by atoms with van der Waals surface area (Å²) >= 11 is 0. The first-order chi connectivity index (χ1) is 3.73. The molecule has 0 atom stereocenters. The van der Waals surface area contributed by atoms with Crippen LogP contribution in [0, 0.1) is 0 Å². The van der Waals surface area contributed by atoms with Crippen LogP contribution in [0.15, 0.2) is 0 Å². The molecule has 0 saturated carbocycles. The molecule has 0 amide bonds. The Bertz CT molecular complexity index is 84.8. The summed E-state index contributed by atoms with van der Waals surface area (Å²) in [4.78, 5) is 25.6. The largest absolute Gasteiger partial charge is 3.00 e. The van der Waals surface area contributed by atoms with Crippen LogP contribution in [0.2, 0.25) is 0 Å². The van der Waals surface area contributed by atoms with Crippen LogP contribution in [0.25, 0.3) is 0 Å². The van der Waals surface area contributed by atoms with Gasteiger partial charge in [0.05, 0.1) is 0 Å². The van der Waals surface area contributed by atoms with Crippen LogP contribution < -0.4 is 14.7 Å². The summed E-state index contributed by atoms with van der Waals surface area (Å²) in [5, 5.41) is 21.5. The van der Waals surface area contributed by atoms with Crippen molar-refractivity contribution in [3.05, 3.63) is 0 Å². The third kappa shape index (κ3) is 454. The molecule has 0 spiro atoms. The Morgan fingerprint density at radius 1 is 1.10 bits per heavy atom. The molecule has 0 radical (unpaired) electrons. The molecule has 10 heavy (non-hydrogen) atoms. The topological polar surface area (TPSA) is 147 Å². The zero-order chi connectivity index (χ0) is 8.08. The van der Waals surface area contributed by atoms with Crippen LogP contribution in [-0.4, -0.2) is 22.4 Å². The minimum Gasteiger partial charge on any atom is -0.822 e. The van der Waals surface area contributed by atoms with Crippen molar-refractivity contribution in [2.45, 2.75) is 0 Å². The van der Waals surface area contributed by atoms with Gasteiger partial charge < -0.3 is 34.3 Å². The fraction of sp³-hybridized carbons (Fsp3) is 0. The molecular weight excluding hydrogens is 243 g/mol. The zero-order valence-corrected chi connectivity index (χ0v) is 8.31. The summed E-state index contributed by atoms with van der Waals surface area (Å²) in [6, 6.07) is 0. The van der Waals surface area contributed by atoms with Crippen LogP contribution in [0.4, 0.5) is 0 Å². The van der Waals surface area contributed by atoms with Crippen LogP contribution in [0.1, 0.15) is 0 Å². The minimum absolute atomic E-state index is 0. The molecule has 0 heterocycles. The van der Waals surface area contributed by atoms with E-state index in [1.165, 1.54) is 0 Å². The SMILES string of the molecule is O=P([O-])([O-])[O-].OB(O)O.[Y+3]. The van der Waals surface area contributed by atoms with E-state index in [0.29, 0.717) is 0 Å². The first-order valence-electron chi connectivity index (χ1n) is 1.50. The van der Waals surface area contributed by atoms with Gasteiger partial charge in [-0.2, -0.15) is 7.82 Å². The number of phosphoric acid groups is 1. The van der Waals surface area contributed by atoms with Gasteiger partial charge in [0.15, 0.2) is 0 Å². The molecule has 0 aliphatic rings. The number of hydrogen-bond donors (Lipinski definition) is 3. The third-order valence-electron chi connectivity index (χ3n) is 0. The zero-order valence-electron chi connectivity index (χ0n) is 4.58. The average Bonchev–Trinajstić information content (AvgIpc) is 1.19. The van der Waals surface area contributed by atoms with E-state index in [4.69, 9.17) is 34.3 Å². The molecule has 0 bridgehead atoms. The molecule has 0 aliphatic heterocycles. The summed E-state index contributed by atoms with van der Waals surface area (Å²) in [6.07, 6.45) is 0. The van der Waals surface area contributed by atoms with Gasteiger partial charge in [0, 0.05) is 0 Å². The molecule has 0 aliphatic carbocycles. The summed E-state index contributed by atoms with van der Waals surface area (Å²) in [7, 11) is -7.56. The second kappa shape index (κ2) is 8.26. The molecule has 0 aromatic carbocycles. The Hall–Kier alpha value is 1.16. The van der Waals surface area contributed by atoms with E-state index in [9.17, 15) is 0 Å². The predicted octanol–water partition coefficient (Wildman–Crippen LogP) is -4.88. The quantitative estimate of drug-likeness (QED) is 0.286. The Labute approximate surface area is 82.0 Å². The van der Waals surface area contributed by atoms with Crippen LogP contribution in [-0.2, 0) is 37.3 Å². The monoisotopic (exact) mass is 246 g/mol. The fourth-order valence-corrected chi connectivity index (χ4v) is 0. The van der Waals surface area contributed by atoms with Crippen molar-refractivity contribution in [2.75, 3.05) is 0 Å². The Kier molecular flexibility index (Phi) is 14.3. The molecule has 56 valence electrons. The Balaban J connectivity index is -0.0000000910. The van der Waals surface area contributed by atoms with Gasteiger partial charge in [-0.3, -0.25) is 0 Å². The van der Waals surface area contributed by atoms with Crippen LogP contribution >= 0.6 is 7.82 Å². The number of hydrogen-bond acceptors (Lipinski definition) is 7. The van der Waals surface area contributed by atoms with Crippen molar-refractivity contribution >= 4 is 15.1 Å². The molecule has 0 saturated heterocycles. The van der Waals surface area contributed by atoms with Gasteiger partial charge in [-0.05, 0) is 0 Å². The molecule has 0 aromatic rings. The predicted molar refractivity (Wildman–Crippen MR) is 20.0 cm³/mol. The first kappa shape index (κ1) is 17.3. The van der Waals surface area contributed by atoms with E-state index in [1.54, 1.807) is 0 Å². The van der Waals surface area contributed by atoms with Gasteiger partial charge in [-0.15, -0.1) is 0 Å². The fourth-order valence-electron chi connectivity index (χ4n) is 0. The van der Waals surface area contributed by atoms with Gasteiger partial charge in [-0.1, -0.05) is 0 Å². The van der Waals surface area contributed by atoms with Crippen molar-refractivity contribution in [2.24, 2.45) is 0 Å². The van der Waals surface area contributed by atoms with Crippen molar-refractivity contribution in [3.63, 3.8) is 0 Å². The van der Waals surface area contributed by atoms with Gasteiger partial charge in [0.1, 0.15) is 0 Å². The van der Waals surface area contributed by atoms with E-state index >= 15 is 0 Å². The molecule has 10 heteroatoms. The molecule has 3 N–H and O–H groups in total. The molecule has 0 aromatic heterocycles. The Morgan fingerprint density at radius 2 is 1.10 bits per heavy atom. The number of rotatable bonds is 0. The second-order valence-corrected chi connectivity index (χ2v) is 1.69. The Morgan fingerprint density at radius 3 is 1.10 bits per heavy atom. The van der Waals surface area contributed by atoms with Gasteiger partial charge in [0.25, 0.3) is 0 Å². The van der Waals surface area contributed by atoms with Gasteiger partial charge in [-0.25, -0.2) is 0 Å². The van der Waals surface area contributed by atoms with E-state index in [0.717, 1.165) is 0 Å². The summed E-state index contributed by atoms with van der Waals surface area (Å²) in [5.41, 5.74) is 0. The maximum Gasteiger partial charge on any atom is 3.00 e. The molecule has 0 unspecified atom stereocenters. The average molecular weight is 246 g/mol. The van der Waals surface area contributed by atoms with E-state index < -0.39 is 15.1 Å². The normalized spacial score (nSPS) is 8.60.